The van der Waals surface area contributed by atoms with Gasteiger partial charge in [-0.1, -0.05) is 25.5 Å². The van der Waals surface area contributed by atoms with Crippen molar-refractivity contribution < 1.29 is 9.53 Å². The summed E-state index contributed by atoms with van der Waals surface area (Å²) in [7, 11) is 0. The van der Waals surface area contributed by atoms with Crippen LogP contribution in [0.1, 0.15) is 41.9 Å². The topological polar surface area (TPSA) is 54.5 Å². The molecule has 27 heavy (non-hydrogen) atoms. The Bertz CT molecular complexity index is 797. The number of hydrogen-bond donors (Lipinski definition) is 1. The van der Waals surface area contributed by atoms with E-state index < -0.39 is 0 Å². The number of rotatable bonds is 6. The van der Waals surface area contributed by atoms with E-state index in [2.05, 4.69) is 42.0 Å². The summed E-state index contributed by atoms with van der Waals surface area (Å²) in [6.07, 6.45) is 1.06. The zero-order chi connectivity index (χ0) is 19.4. The summed E-state index contributed by atoms with van der Waals surface area (Å²) < 4.78 is 5.48. The molecule has 1 atom stereocenters. The van der Waals surface area contributed by atoms with E-state index in [4.69, 9.17) is 4.74 Å². The number of carbonyl (C=O) groups excluding carboxylic acids is 1. The molecule has 0 bridgehead atoms. The van der Waals surface area contributed by atoms with Gasteiger partial charge in [-0.25, -0.2) is 0 Å². The van der Waals surface area contributed by atoms with Crippen molar-refractivity contribution in [3.63, 3.8) is 0 Å². The standard InChI is InChI=1S/C22H31N3O2/c1-15(2)11-19(25-7-9-27-10-8-25)14-23-22(26)20-13-18-12-16(3)5-6-21(18)24-17(20)4/h5-6,12-13,15,19H,7-11,14H2,1-4H3,(H,23,26). The Balaban J connectivity index is 1.73. The third-order valence-electron chi connectivity index (χ3n) is 5.21. The summed E-state index contributed by atoms with van der Waals surface area (Å²) >= 11 is 0. The molecule has 0 saturated carbocycles. The molecule has 0 radical (unpaired) electrons. The molecule has 5 heteroatoms. The lowest BCUT2D eigenvalue weighted by molar-refractivity contribution is 0.0124. The Morgan fingerprint density at radius 2 is 1.96 bits per heavy atom. The lowest BCUT2D eigenvalue weighted by Crippen LogP contribution is -2.49. The molecule has 3 rings (SSSR count). The molecule has 2 aromatic rings. The number of nitrogens with zero attached hydrogens (tertiary/aromatic N) is 2. The molecule has 5 nitrogen and oxygen atoms in total. The number of hydrogen-bond acceptors (Lipinski definition) is 4. The van der Waals surface area contributed by atoms with E-state index in [1.54, 1.807) is 0 Å². The highest BCUT2D eigenvalue weighted by Crippen LogP contribution is 2.19. The average molecular weight is 370 g/mol. The number of aryl methyl sites for hydroxylation is 2. The van der Waals surface area contributed by atoms with Crippen molar-refractivity contribution in [2.24, 2.45) is 5.92 Å². The maximum absolute atomic E-state index is 12.9. The molecule has 1 unspecified atom stereocenters. The Labute approximate surface area is 162 Å². The van der Waals surface area contributed by atoms with Crippen molar-refractivity contribution in [2.75, 3.05) is 32.8 Å². The first-order valence-electron chi connectivity index (χ1n) is 9.92. The smallest absolute Gasteiger partial charge is 0.253 e. The number of benzene rings is 1. The van der Waals surface area contributed by atoms with Gasteiger partial charge in [0, 0.05) is 31.1 Å². The van der Waals surface area contributed by atoms with Crippen LogP contribution in [0.25, 0.3) is 10.9 Å². The van der Waals surface area contributed by atoms with Crippen LogP contribution in [0.2, 0.25) is 0 Å². The average Bonchev–Trinajstić information content (AvgIpc) is 2.65. The minimum Gasteiger partial charge on any atom is -0.379 e. The quantitative estimate of drug-likeness (QED) is 0.849. The summed E-state index contributed by atoms with van der Waals surface area (Å²) in [6.45, 7) is 12.5. The summed E-state index contributed by atoms with van der Waals surface area (Å²) in [5, 5.41) is 4.17. The van der Waals surface area contributed by atoms with Crippen molar-refractivity contribution in [2.45, 2.75) is 40.2 Å². The van der Waals surface area contributed by atoms with Crippen LogP contribution in [-0.2, 0) is 4.74 Å². The van der Waals surface area contributed by atoms with Crippen molar-refractivity contribution in [3.05, 3.63) is 41.1 Å². The van der Waals surface area contributed by atoms with Crippen LogP contribution in [0.15, 0.2) is 24.3 Å². The number of morpholine rings is 1. The maximum Gasteiger partial charge on any atom is 0.253 e. The predicted octanol–water partition coefficient (Wildman–Crippen LogP) is 3.33. The second-order valence-electron chi connectivity index (χ2n) is 7.96. The largest absolute Gasteiger partial charge is 0.379 e. The van der Waals surface area contributed by atoms with Gasteiger partial charge in [-0.05, 0) is 44.4 Å². The fourth-order valence-electron chi connectivity index (χ4n) is 3.78. The minimum atomic E-state index is -0.0366. The second-order valence-corrected chi connectivity index (χ2v) is 7.96. The molecule has 0 spiro atoms. The molecule has 146 valence electrons. The first kappa shape index (κ1) is 19.8. The highest BCUT2D eigenvalue weighted by molar-refractivity contribution is 5.98. The molecule has 1 aliphatic heterocycles. The molecule has 1 fully saturated rings. The molecule has 0 aliphatic carbocycles. The van der Waals surface area contributed by atoms with Gasteiger partial charge < -0.3 is 10.1 Å². The fourth-order valence-corrected chi connectivity index (χ4v) is 3.78. The van der Waals surface area contributed by atoms with Gasteiger partial charge in [0.15, 0.2) is 0 Å². The van der Waals surface area contributed by atoms with Crippen molar-refractivity contribution in [3.8, 4) is 0 Å². The number of aromatic nitrogens is 1. The molecule has 1 saturated heterocycles. The van der Waals surface area contributed by atoms with E-state index in [-0.39, 0.29) is 5.91 Å². The van der Waals surface area contributed by atoms with E-state index in [0.29, 0.717) is 24.1 Å². The van der Waals surface area contributed by atoms with Gasteiger partial charge in [-0.3, -0.25) is 14.7 Å². The third-order valence-corrected chi connectivity index (χ3v) is 5.21. The number of pyridine rings is 1. The zero-order valence-corrected chi connectivity index (χ0v) is 16.9. The normalized spacial score (nSPS) is 16.6. The highest BCUT2D eigenvalue weighted by atomic mass is 16.5. The number of ether oxygens (including phenoxy) is 1. The van der Waals surface area contributed by atoms with E-state index in [1.807, 2.05) is 25.1 Å². The Hall–Kier alpha value is -1.98. The molecule has 1 aromatic carbocycles. The number of carbonyl (C=O) groups is 1. The Morgan fingerprint density at radius 3 is 2.67 bits per heavy atom. The van der Waals surface area contributed by atoms with Gasteiger partial charge in [0.1, 0.15) is 0 Å². The first-order chi connectivity index (χ1) is 12.9. The van der Waals surface area contributed by atoms with Crippen LogP contribution in [0.5, 0.6) is 0 Å². The van der Waals surface area contributed by atoms with Crippen molar-refractivity contribution >= 4 is 16.8 Å². The van der Waals surface area contributed by atoms with Crippen LogP contribution in [0, 0.1) is 19.8 Å². The van der Waals surface area contributed by atoms with Gasteiger partial charge in [-0.2, -0.15) is 0 Å². The van der Waals surface area contributed by atoms with E-state index >= 15 is 0 Å². The van der Waals surface area contributed by atoms with Gasteiger partial charge in [0.25, 0.3) is 5.91 Å². The van der Waals surface area contributed by atoms with E-state index in [9.17, 15) is 4.79 Å². The Morgan fingerprint density at radius 1 is 1.22 bits per heavy atom. The first-order valence-corrected chi connectivity index (χ1v) is 9.92. The molecule has 1 aromatic heterocycles. The molecule has 1 N–H and O–H groups in total. The number of nitrogens with one attached hydrogen (secondary N) is 1. The highest BCUT2D eigenvalue weighted by Gasteiger charge is 2.23. The SMILES string of the molecule is Cc1ccc2nc(C)c(C(=O)NCC(CC(C)C)N3CCOCC3)cc2c1. The summed E-state index contributed by atoms with van der Waals surface area (Å²) in [4.78, 5) is 19.9. The van der Waals surface area contributed by atoms with Crippen molar-refractivity contribution in [1.82, 2.24) is 15.2 Å². The lowest BCUT2D eigenvalue weighted by atomic mass is 10.0. The van der Waals surface area contributed by atoms with Crippen LogP contribution < -0.4 is 5.32 Å². The third kappa shape index (κ3) is 5.05. The number of amides is 1. The van der Waals surface area contributed by atoms with Gasteiger partial charge in [-0.15, -0.1) is 0 Å². The minimum absolute atomic E-state index is 0.0366. The predicted molar refractivity (Wildman–Crippen MR) is 109 cm³/mol. The number of fused-ring (bicyclic) bond motifs is 1. The van der Waals surface area contributed by atoms with Gasteiger partial charge in [0.2, 0.25) is 0 Å². The van der Waals surface area contributed by atoms with Gasteiger partial charge >= 0.3 is 0 Å². The molecular formula is C22H31N3O2. The second kappa shape index (κ2) is 8.81. The van der Waals surface area contributed by atoms with Crippen LogP contribution in [-0.4, -0.2) is 54.7 Å². The molecule has 2 heterocycles. The summed E-state index contributed by atoms with van der Waals surface area (Å²) in [5.41, 5.74) is 3.54. The van der Waals surface area contributed by atoms with E-state index in [0.717, 1.165) is 49.3 Å². The van der Waals surface area contributed by atoms with Gasteiger partial charge in [0.05, 0.1) is 30.0 Å². The fraction of sp³-hybridized carbons (Fsp3) is 0.545. The molecule has 1 aliphatic rings. The summed E-state index contributed by atoms with van der Waals surface area (Å²) in [5.74, 6) is 0.548. The van der Waals surface area contributed by atoms with E-state index in [1.165, 1.54) is 5.56 Å². The summed E-state index contributed by atoms with van der Waals surface area (Å²) in [6, 6.07) is 8.44. The van der Waals surface area contributed by atoms with Crippen LogP contribution in [0.4, 0.5) is 0 Å². The molecular weight excluding hydrogens is 338 g/mol. The monoisotopic (exact) mass is 369 g/mol. The lowest BCUT2D eigenvalue weighted by Gasteiger charge is -2.35. The molecule has 1 amide bonds. The zero-order valence-electron chi connectivity index (χ0n) is 16.9. The Kier molecular flexibility index (Phi) is 6.45. The van der Waals surface area contributed by atoms with Crippen LogP contribution in [0.3, 0.4) is 0 Å². The van der Waals surface area contributed by atoms with Crippen molar-refractivity contribution in [1.29, 1.82) is 0 Å². The van der Waals surface area contributed by atoms with Crippen LogP contribution >= 0.6 is 0 Å². The maximum atomic E-state index is 12.9.